The maximum atomic E-state index is 11.5. The summed E-state index contributed by atoms with van der Waals surface area (Å²) < 4.78 is 1.90. The monoisotopic (exact) mass is 340 g/mol. The van der Waals surface area contributed by atoms with Crippen LogP contribution < -0.4 is 0 Å². The molecule has 1 saturated heterocycles. The maximum Gasteiger partial charge on any atom is 0.321 e. The quantitative estimate of drug-likeness (QED) is 0.870. The zero-order valence-electron chi connectivity index (χ0n) is 14.3. The molecule has 6 heteroatoms. The van der Waals surface area contributed by atoms with Gasteiger partial charge in [-0.2, -0.15) is 5.10 Å². The zero-order chi connectivity index (χ0) is 17.2. The fraction of sp³-hybridized carbons (Fsp3) is 0.474. The van der Waals surface area contributed by atoms with Crippen molar-refractivity contribution in [3.63, 3.8) is 0 Å². The lowest BCUT2D eigenvalue weighted by atomic mass is 10.1. The van der Waals surface area contributed by atoms with Crippen LogP contribution in [0.2, 0.25) is 0 Å². The highest BCUT2D eigenvalue weighted by Crippen LogP contribution is 2.35. The summed E-state index contributed by atoms with van der Waals surface area (Å²) in [5.74, 6) is -0.284. The first kappa shape index (κ1) is 16.3. The second-order valence-corrected chi connectivity index (χ2v) is 7.06. The Morgan fingerprint density at radius 3 is 2.52 bits per heavy atom. The predicted octanol–water partition coefficient (Wildman–Crippen LogP) is 1.85. The molecule has 1 saturated carbocycles. The summed E-state index contributed by atoms with van der Waals surface area (Å²) in [6.07, 6.45) is 6.13. The minimum atomic E-state index is -0.653. The molecule has 1 atom stereocenters. The van der Waals surface area contributed by atoms with Gasteiger partial charge in [-0.15, -0.1) is 0 Å². The van der Waals surface area contributed by atoms with Crippen LogP contribution in [0.25, 0.3) is 5.69 Å². The van der Waals surface area contributed by atoms with E-state index in [0.717, 1.165) is 51.3 Å². The molecule has 1 aliphatic carbocycles. The Morgan fingerprint density at radius 2 is 1.88 bits per heavy atom. The molecule has 25 heavy (non-hydrogen) atoms. The number of aliphatic carboxylic acids is 1. The molecule has 1 aliphatic heterocycles. The van der Waals surface area contributed by atoms with Crippen LogP contribution in [0.1, 0.15) is 18.4 Å². The highest BCUT2D eigenvalue weighted by molar-refractivity contribution is 5.74. The van der Waals surface area contributed by atoms with Gasteiger partial charge in [0.1, 0.15) is 6.04 Å². The van der Waals surface area contributed by atoms with Gasteiger partial charge in [0.2, 0.25) is 0 Å². The van der Waals surface area contributed by atoms with E-state index in [1.165, 1.54) is 5.56 Å². The van der Waals surface area contributed by atoms with E-state index in [9.17, 15) is 9.90 Å². The van der Waals surface area contributed by atoms with E-state index in [1.807, 2.05) is 41.2 Å². The third-order valence-electron chi connectivity index (χ3n) is 5.18. The fourth-order valence-electron chi connectivity index (χ4n) is 3.69. The molecule has 0 spiro atoms. The number of rotatable bonds is 6. The lowest BCUT2D eigenvalue weighted by molar-refractivity contribution is -0.145. The molecule has 4 rings (SSSR count). The van der Waals surface area contributed by atoms with Crippen LogP contribution in [0.3, 0.4) is 0 Å². The number of hydrogen-bond donors (Lipinski definition) is 1. The smallest absolute Gasteiger partial charge is 0.321 e. The van der Waals surface area contributed by atoms with Gasteiger partial charge in [0.05, 0.1) is 11.9 Å². The molecule has 0 bridgehead atoms. The first-order valence-electron chi connectivity index (χ1n) is 8.99. The first-order valence-corrected chi connectivity index (χ1v) is 8.99. The molecule has 2 aromatic rings. The van der Waals surface area contributed by atoms with E-state index in [0.29, 0.717) is 5.92 Å². The SMILES string of the molecule is O=C(O)C(C1CC1)N1CCN(Cc2cnn(-c3ccccc3)c2)CC1. The Balaban J connectivity index is 1.33. The van der Waals surface area contributed by atoms with Crippen molar-refractivity contribution in [2.45, 2.75) is 25.4 Å². The van der Waals surface area contributed by atoms with Crippen LogP contribution in [-0.4, -0.2) is 62.9 Å². The standard InChI is InChI=1S/C19H24N4O2/c24-19(25)18(16-6-7-16)22-10-8-21(9-11-22)13-15-12-20-23(14-15)17-4-2-1-3-5-17/h1-5,12,14,16,18H,6-11,13H2,(H,24,25). The van der Waals surface area contributed by atoms with Gasteiger partial charge in [0, 0.05) is 44.5 Å². The number of aromatic nitrogens is 2. The Morgan fingerprint density at radius 1 is 1.16 bits per heavy atom. The second kappa shape index (κ2) is 6.98. The average Bonchev–Trinajstić information content (AvgIpc) is 3.34. The van der Waals surface area contributed by atoms with Crippen LogP contribution in [0, 0.1) is 5.92 Å². The summed E-state index contributed by atoms with van der Waals surface area (Å²) in [7, 11) is 0. The Bertz CT molecular complexity index is 718. The Labute approximate surface area is 147 Å². The fourth-order valence-corrected chi connectivity index (χ4v) is 3.69. The van der Waals surface area contributed by atoms with Gasteiger partial charge in [0.15, 0.2) is 0 Å². The molecule has 1 N–H and O–H groups in total. The van der Waals surface area contributed by atoms with Gasteiger partial charge < -0.3 is 5.11 Å². The van der Waals surface area contributed by atoms with Crippen molar-refractivity contribution < 1.29 is 9.90 Å². The molecule has 6 nitrogen and oxygen atoms in total. The summed E-state index contributed by atoms with van der Waals surface area (Å²) >= 11 is 0. The summed E-state index contributed by atoms with van der Waals surface area (Å²) in [6.45, 7) is 4.35. The van der Waals surface area contributed by atoms with Gasteiger partial charge in [-0.1, -0.05) is 18.2 Å². The summed E-state index contributed by atoms with van der Waals surface area (Å²) in [5, 5.41) is 13.9. The molecule has 2 fully saturated rings. The second-order valence-electron chi connectivity index (χ2n) is 7.06. The minimum Gasteiger partial charge on any atom is -0.480 e. The minimum absolute atomic E-state index is 0.275. The van der Waals surface area contributed by atoms with Crippen LogP contribution in [-0.2, 0) is 11.3 Å². The summed E-state index contributed by atoms with van der Waals surface area (Å²) in [5.41, 5.74) is 2.25. The molecule has 132 valence electrons. The van der Waals surface area contributed by atoms with Crippen molar-refractivity contribution in [2.75, 3.05) is 26.2 Å². The molecule has 0 radical (unpaired) electrons. The topological polar surface area (TPSA) is 61.6 Å². The van der Waals surface area contributed by atoms with Crippen LogP contribution in [0.5, 0.6) is 0 Å². The maximum absolute atomic E-state index is 11.5. The number of hydrogen-bond acceptors (Lipinski definition) is 4. The van der Waals surface area contributed by atoms with Gasteiger partial charge in [-0.3, -0.25) is 14.6 Å². The average molecular weight is 340 g/mol. The normalized spacial score (nSPS) is 20.5. The lowest BCUT2D eigenvalue weighted by Gasteiger charge is -2.37. The summed E-state index contributed by atoms with van der Waals surface area (Å²) in [4.78, 5) is 16.1. The van der Waals surface area contributed by atoms with Crippen molar-refractivity contribution in [3.05, 3.63) is 48.3 Å². The number of piperazine rings is 1. The largest absolute Gasteiger partial charge is 0.480 e. The van der Waals surface area contributed by atoms with Crippen molar-refractivity contribution in [3.8, 4) is 5.69 Å². The van der Waals surface area contributed by atoms with E-state index in [4.69, 9.17) is 0 Å². The van der Waals surface area contributed by atoms with Crippen molar-refractivity contribution >= 4 is 5.97 Å². The van der Waals surface area contributed by atoms with Crippen molar-refractivity contribution in [1.82, 2.24) is 19.6 Å². The van der Waals surface area contributed by atoms with Crippen LogP contribution in [0.4, 0.5) is 0 Å². The number of carbonyl (C=O) groups is 1. The summed E-state index contributed by atoms with van der Waals surface area (Å²) in [6, 6.07) is 9.82. The third kappa shape index (κ3) is 3.75. The number of carboxylic acids is 1. The van der Waals surface area contributed by atoms with Gasteiger partial charge in [0.25, 0.3) is 0 Å². The number of nitrogens with zero attached hydrogens (tertiary/aromatic N) is 4. The van der Waals surface area contributed by atoms with E-state index >= 15 is 0 Å². The Hall–Kier alpha value is -2.18. The zero-order valence-corrected chi connectivity index (χ0v) is 14.3. The molecule has 1 aromatic carbocycles. The number of carboxylic acid groups (broad SMARTS) is 1. The lowest BCUT2D eigenvalue weighted by Crippen LogP contribution is -2.53. The van der Waals surface area contributed by atoms with Gasteiger partial charge in [-0.05, 0) is 30.9 Å². The van der Waals surface area contributed by atoms with E-state index in [1.54, 1.807) is 0 Å². The predicted molar refractivity (Wildman–Crippen MR) is 94.6 cm³/mol. The molecule has 2 heterocycles. The molecule has 1 unspecified atom stereocenters. The third-order valence-corrected chi connectivity index (χ3v) is 5.18. The van der Waals surface area contributed by atoms with Crippen LogP contribution >= 0.6 is 0 Å². The molecule has 1 aromatic heterocycles. The van der Waals surface area contributed by atoms with E-state index in [2.05, 4.69) is 21.1 Å². The van der Waals surface area contributed by atoms with Crippen molar-refractivity contribution in [2.24, 2.45) is 5.92 Å². The van der Waals surface area contributed by atoms with E-state index in [-0.39, 0.29) is 6.04 Å². The molecular weight excluding hydrogens is 316 g/mol. The first-order chi connectivity index (χ1) is 12.2. The van der Waals surface area contributed by atoms with Crippen LogP contribution in [0.15, 0.2) is 42.7 Å². The number of benzene rings is 1. The van der Waals surface area contributed by atoms with E-state index < -0.39 is 5.97 Å². The highest BCUT2D eigenvalue weighted by atomic mass is 16.4. The van der Waals surface area contributed by atoms with Gasteiger partial charge >= 0.3 is 5.97 Å². The molecule has 2 aliphatic rings. The highest BCUT2D eigenvalue weighted by Gasteiger charge is 2.41. The Kier molecular flexibility index (Phi) is 4.55. The molecular formula is C19H24N4O2. The molecule has 0 amide bonds. The number of para-hydroxylation sites is 1. The van der Waals surface area contributed by atoms with Crippen molar-refractivity contribution in [1.29, 1.82) is 0 Å². The van der Waals surface area contributed by atoms with Gasteiger partial charge in [-0.25, -0.2) is 4.68 Å².